The van der Waals surface area contributed by atoms with Gasteiger partial charge in [0.2, 0.25) is 5.91 Å². The Morgan fingerprint density at radius 1 is 1.00 bits per heavy atom. The van der Waals surface area contributed by atoms with E-state index in [0.717, 1.165) is 24.0 Å². The van der Waals surface area contributed by atoms with Crippen LogP contribution < -0.4 is 5.32 Å². The van der Waals surface area contributed by atoms with Gasteiger partial charge in [0.1, 0.15) is 6.61 Å². The van der Waals surface area contributed by atoms with E-state index in [2.05, 4.69) is 29.6 Å². The van der Waals surface area contributed by atoms with E-state index in [9.17, 15) is 19.5 Å². The van der Waals surface area contributed by atoms with Crippen molar-refractivity contribution in [3.8, 4) is 11.1 Å². The molecule has 35 heavy (non-hydrogen) atoms. The van der Waals surface area contributed by atoms with E-state index < -0.39 is 23.4 Å². The van der Waals surface area contributed by atoms with Gasteiger partial charge in [-0.15, -0.1) is 0 Å². The number of carboxylic acids is 1. The number of nitrogens with zero attached hydrogens (tertiary/aromatic N) is 1. The maximum atomic E-state index is 13.5. The van der Waals surface area contributed by atoms with E-state index in [-0.39, 0.29) is 37.4 Å². The number of alkyl carbamates (subject to hydrolysis) is 1. The Hall–Kier alpha value is -3.35. The molecule has 0 bridgehead atoms. The summed E-state index contributed by atoms with van der Waals surface area (Å²) < 4.78 is 5.66. The first-order valence-electron chi connectivity index (χ1n) is 12.5. The summed E-state index contributed by atoms with van der Waals surface area (Å²) in [5, 5.41) is 12.3. The third-order valence-corrected chi connectivity index (χ3v) is 8.15. The smallest absolute Gasteiger partial charge is 0.407 e. The summed E-state index contributed by atoms with van der Waals surface area (Å²) in [7, 11) is 0. The fourth-order valence-corrected chi connectivity index (χ4v) is 6.20. The molecule has 184 valence electrons. The van der Waals surface area contributed by atoms with Crippen LogP contribution in [-0.2, 0) is 14.3 Å². The van der Waals surface area contributed by atoms with Crippen molar-refractivity contribution in [2.24, 2.45) is 17.3 Å². The van der Waals surface area contributed by atoms with Gasteiger partial charge in [0, 0.05) is 25.6 Å². The second kappa shape index (κ2) is 9.36. The molecule has 2 unspecified atom stereocenters. The molecule has 0 aromatic heterocycles. The largest absolute Gasteiger partial charge is 0.481 e. The first kappa shape index (κ1) is 23.4. The SMILES string of the molecule is CC1CN(C(=O)C2(CNC(=O)OCC3c4ccccc4-c4ccccc43)CCCC2)CC1C(=O)O. The van der Waals surface area contributed by atoms with E-state index in [0.29, 0.717) is 19.4 Å². The van der Waals surface area contributed by atoms with Gasteiger partial charge in [0.05, 0.1) is 11.3 Å². The number of carbonyl (C=O) groups is 3. The Kier molecular flexibility index (Phi) is 6.26. The number of benzene rings is 2. The zero-order chi connectivity index (χ0) is 24.6. The molecule has 5 rings (SSSR count). The number of fused-ring (bicyclic) bond motifs is 3. The molecule has 2 atom stereocenters. The van der Waals surface area contributed by atoms with Crippen molar-refractivity contribution >= 4 is 18.0 Å². The van der Waals surface area contributed by atoms with Crippen molar-refractivity contribution in [1.82, 2.24) is 10.2 Å². The molecule has 1 saturated carbocycles. The second-order valence-corrected chi connectivity index (χ2v) is 10.3. The quantitative estimate of drug-likeness (QED) is 0.649. The molecule has 7 nitrogen and oxygen atoms in total. The average Bonchev–Trinajstić information content (AvgIpc) is 3.57. The van der Waals surface area contributed by atoms with E-state index in [1.807, 2.05) is 31.2 Å². The first-order chi connectivity index (χ1) is 16.9. The van der Waals surface area contributed by atoms with Gasteiger partial charge in [-0.3, -0.25) is 9.59 Å². The minimum Gasteiger partial charge on any atom is -0.481 e. The zero-order valence-electron chi connectivity index (χ0n) is 20.0. The standard InChI is InChI=1S/C28H32N2O5/c1-18-14-30(15-23(18)25(31)32)26(33)28(12-6-7-13-28)17-29-27(34)35-16-24-21-10-4-2-8-19(21)20-9-3-5-11-22(20)24/h2-5,8-11,18,23-24H,6-7,12-17H2,1H3,(H,29,34)(H,31,32). The highest BCUT2D eigenvalue weighted by molar-refractivity contribution is 5.85. The number of ether oxygens (including phenoxy) is 1. The molecule has 2 amide bonds. The third kappa shape index (κ3) is 4.28. The fourth-order valence-electron chi connectivity index (χ4n) is 6.20. The molecular formula is C28H32N2O5. The highest BCUT2D eigenvalue weighted by Gasteiger charge is 2.47. The molecule has 1 aliphatic heterocycles. The zero-order valence-corrected chi connectivity index (χ0v) is 20.0. The Morgan fingerprint density at radius 2 is 1.60 bits per heavy atom. The van der Waals surface area contributed by atoms with Crippen LogP contribution in [-0.4, -0.2) is 54.2 Å². The van der Waals surface area contributed by atoms with Crippen molar-refractivity contribution in [1.29, 1.82) is 0 Å². The van der Waals surface area contributed by atoms with Crippen molar-refractivity contribution in [2.75, 3.05) is 26.2 Å². The number of amides is 2. The van der Waals surface area contributed by atoms with E-state index in [1.54, 1.807) is 4.90 Å². The molecule has 0 radical (unpaired) electrons. The summed E-state index contributed by atoms with van der Waals surface area (Å²) in [6, 6.07) is 16.4. The second-order valence-electron chi connectivity index (χ2n) is 10.3. The number of hydrogen-bond acceptors (Lipinski definition) is 4. The maximum absolute atomic E-state index is 13.5. The lowest BCUT2D eigenvalue weighted by Crippen LogP contribution is -2.48. The predicted octanol–water partition coefficient (Wildman–Crippen LogP) is 4.26. The highest BCUT2D eigenvalue weighted by atomic mass is 16.5. The van der Waals surface area contributed by atoms with Crippen LogP contribution in [0.1, 0.15) is 49.7 Å². The van der Waals surface area contributed by atoms with Gasteiger partial charge >= 0.3 is 12.1 Å². The molecule has 2 aliphatic carbocycles. The lowest BCUT2D eigenvalue weighted by atomic mass is 9.84. The van der Waals surface area contributed by atoms with E-state index in [4.69, 9.17) is 4.74 Å². The van der Waals surface area contributed by atoms with Gasteiger partial charge in [-0.25, -0.2) is 4.79 Å². The van der Waals surface area contributed by atoms with Crippen LogP contribution in [0.15, 0.2) is 48.5 Å². The van der Waals surface area contributed by atoms with Gasteiger partial charge in [0.15, 0.2) is 0 Å². The molecule has 2 aromatic carbocycles. The Balaban J connectivity index is 1.22. The molecule has 7 heteroatoms. The Morgan fingerprint density at radius 3 is 2.17 bits per heavy atom. The topological polar surface area (TPSA) is 95.9 Å². The fraction of sp³-hybridized carbons (Fsp3) is 0.464. The normalized spacial score (nSPS) is 22.5. The molecule has 2 aromatic rings. The van der Waals surface area contributed by atoms with Gasteiger partial charge in [0.25, 0.3) is 0 Å². The molecule has 2 N–H and O–H groups in total. The van der Waals surface area contributed by atoms with E-state index >= 15 is 0 Å². The minimum atomic E-state index is -0.856. The van der Waals surface area contributed by atoms with Crippen LogP contribution in [0.2, 0.25) is 0 Å². The molecular weight excluding hydrogens is 444 g/mol. The summed E-state index contributed by atoms with van der Waals surface area (Å²) in [6.07, 6.45) is 2.70. The maximum Gasteiger partial charge on any atom is 0.407 e. The number of nitrogens with one attached hydrogen (secondary N) is 1. The lowest BCUT2D eigenvalue weighted by molar-refractivity contribution is -0.143. The molecule has 1 saturated heterocycles. The first-order valence-corrected chi connectivity index (χ1v) is 12.5. The summed E-state index contributed by atoms with van der Waals surface area (Å²) in [4.78, 5) is 39.4. The number of hydrogen-bond donors (Lipinski definition) is 2. The van der Waals surface area contributed by atoms with Crippen LogP contribution in [0.4, 0.5) is 4.79 Å². The van der Waals surface area contributed by atoms with Crippen molar-refractivity contribution < 1.29 is 24.2 Å². The molecule has 1 heterocycles. The number of likely N-dealkylation sites (tertiary alicyclic amines) is 1. The van der Waals surface area contributed by atoms with Gasteiger partial charge in [-0.05, 0) is 41.0 Å². The van der Waals surface area contributed by atoms with Gasteiger partial charge in [-0.2, -0.15) is 0 Å². The van der Waals surface area contributed by atoms with Crippen molar-refractivity contribution in [3.05, 3.63) is 59.7 Å². The molecule has 3 aliphatic rings. The third-order valence-electron chi connectivity index (χ3n) is 8.15. The molecule has 2 fully saturated rings. The summed E-state index contributed by atoms with van der Waals surface area (Å²) >= 11 is 0. The van der Waals surface area contributed by atoms with Crippen molar-refractivity contribution in [2.45, 2.75) is 38.5 Å². The van der Waals surface area contributed by atoms with Crippen molar-refractivity contribution in [3.63, 3.8) is 0 Å². The summed E-state index contributed by atoms with van der Waals surface area (Å²) in [5.74, 6) is -1.53. The van der Waals surface area contributed by atoms with Crippen LogP contribution in [0.3, 0.4) is 0 Å². The average molecular weight is 477 g/mol. The van der Waals surface area contributed by atoms with Gasteiger partial charge < -0.3 is 20.1 Å². The Labute approximate surface area is 205 Å². The minimum absolute atomic E-state index is 0.0192. The number of carboxylic acid groups (broad SMARTS) is 1. The van der Waals surface area contributed by atoms with Crippen LogP contribution >= 0.6 is 0 Å². The molecule has 0 spiro atoms. The lowest BCUT2D eigenvalue weighted by Gasteiger charge is -2.32. The van der Waals surface area contributed by atoms with E-state index in [1.165, 1.54) is 11.1 Å². The van der Waals surface area contributed by atoms with Crippen LogP contribution in [0.5, 0.6) is 0 Å². The Bertz CT molecular complexity index is 1090. The highest BCUT2D eigenvalue weighted by Crippen LogP contribution is 2.45. The van der Waals surface area contributed by atoms with Crippen LogP contribution in [0, 0.1) is 17.3 Å². The summed E-state index contributed by atoms with van der Waals surface area (Å²) in [6.45, 7) is 3.00. The number of rotatable bonds is 6. The van der Waals surface area contributed by atoms with Crippen LogP contribution in [0.25, 0.3) is 11.1 Å². The predicted molar refractivity (Wildman–Crippen MR) is 131 cm³/mol. The van der Waals surface area contributed by atoms with Gasteiger partial charge in [-0.1, -0.05) is 68.3 Å². The monoisotopic (exact) mass is 476 g/mol. The number of aliphatic carboxylic acids is 1. The summed E-state index contributed by atoms with van der Waals surface area (Å²) in [5.41, 5.74) is 3.97. The number of carbonyl (C=O) groups excluding carboxylic acids is 2.